The second-order valence-corrected chi connectivity index (χ2v) is 5.38. The third-order valence-corrected chi connectivity index (χ3v) is 3.70. The number of halogens is 1. The van der Waals surface area contributed by atoms with Gasteiger partial charge in [0.2, 0.25) is 5.91 Å². The van der Waals surface area contributed by atoms with Gasteiger partial charge in [-0.3, -0.25) is 9.59 Å². The van der Waals surface area contributed by atoms with Gasteiger partial charge in [0, 0.05) is 29.4 Å². The first-order chi connectivity index (χ1) is 10.1. The second-order valence-electron chi connectivity index (χ2n) is 4.52. The molecule has 0 saturated carbocycles. The van der Waals surface area contributed by atoms with Crippen LogP contribution in [0.3, 0.4) is 0 Å². The van der Waals surface area contributed by atoms with Crippen LogP contribution in [0, 0.1) is 0 Å². The van der Waals surface area contributed by atoms with E-state index < -0.39 is 0 Å². The van der Waals surface area contributed by atoms with E-state index in [4.69, 9.17) is 9.47 Å². The van der Waals surface area contributed by atoms with E-state index in [-0.39, 0.29) is 23.9 Å². The predicted octanol–water partition coefficient (Wildman–Crippen LogP) is 1.42. The first-order valence-electron chi connectivity index (χ1n) is 6.39. The molecule has 0 bridgehead atoms. The molecule has 2 aliphatic heterocycles. The number of ether oxygens (including phenoxy) is 2. The summed E-state index contributed by atoms with van der Waals surface area (Å²) < 4.78 is 11.6. The van der Waals surface area contributed by atoms with Gasteiger partial charge in [-0.15, -0.1) is 0 Å². The van der Waals surface area contributed by atoms with Crippen LogP contribution in [0.15, 0.2) is 21.7 Å². The van der Waals surface area contributed by atoms with E-state index in [2.05, 4.69) is 31.8 Å². The van der Waals surface area contributed by atoms with Gasteiger partial charge in [-0.1, -0.05) is 0 Å². The molecule has 2 amide bonds. The summed E-state index contributed by atoms with van der Waals surface area (Å²) in [4.78, 5) is 23.1. The van der Waals surface area contributed by atoms with Gasteiger partial charge in [-0.05, 0) is 15.9 Å². The predicted molar refractivity (Wildman–Crippen MR) is 78.6 cm³/mol. The van der Waals surface area contributed by atoms with E-state index in [9.17, 15) is 9.59 Å². The van der Waals surface area contributed by atoms with Crippen molar-refractivity contribution in [2.75, 3.05) is 18.5 Å². The molecule has 8 heteroatoms. The molecule has 21 heavy (non-hydrogen) atoms. The lowest BCUT2D eigenvalue weighted by Gasteiger charge is -2.20. The van der Waals surface area contributed by atoms with Crippen molar-refractivity contribution in [1.29, 1.82) is 0 Å². The van der Waals surface area contributed by atoms with Gasteiger partial charge in [0.05, 0.1) is 5.69 Å². The van der Waals surface area contributed by atoms with Gasteiger partial charge in [0.1, 0.15) is 18.9 Å². The van der Waals surface area contributed by atoms with Crippen molar-refractivity contribution in [3.05, 3.63) is 16.6 Å². The lowest BCUT2D eigenvalue weighted by molar-refractivity contribution is -0.121. The summed E-state index contributed by atoms with van der Waals surface area (Å²) in [5.41, 5.74) is 3.14. The molecule has 110 valence electrons. The minimum atomic E-state index is -0.354. The molecule has 0 fully saturated rings. The molecule has 7 nitrogen and oxygen atoms in total. The Hall–Kier alpha value is -2.09. The monoisotopic (exact) mass is 353 g/mol. The number of anilines is 1. The van der Waals surface area contributed by atoms with E-state index in [0.29, 0.717) is 41.3 Å². The van der Waals surface area contributed by atoms with E-state index in [0.717, 1.165) is 0 Å². The Balaban J connectivity index is 1.78. The molecule has 0 unspecified atom stereocenters. The number of hydrogen-bond acceptors (Lipinski definition) is 5. The van der Waals surface area contributed by atoms with Gasteiger partial charge in [0.15, 0.2) is 11.5 Å². The first kappa shape index (κ1) is 13.9. The lowest BCUT2D eigenvalue weighted by Crippen LogP contribution is -2.32. The van der Waals surface area contributed by atoms with Crippen LogP contribution >= 0.6 is 15.9 Å². The summed E-state index contributed by atoms with van der Waals surface area (Å²) >= 11 is 3.38. The van der Waals surface area contributed by atoms with Crippen molar-refractivity contribution < 1.29 is 19.1 Å². The number of hydrogen-bond donors (Lipinski definition) is 2. The molecule has 0 aromatic heterocycles. The molecule has 0 radical (unpaired) electrons. The zero-order chi connectivity index (χ0) is 14.8. The summed E-state index contributed by atoms with van der Waals surface area (Å²) in [6.07, 6.45) is 0.578. The fourth-order valence-corrected chi connectivity index (χ4v) is 2.41. The Bertz CT molecular complexity index is 645. The highest BCUT2D eigenvalue weighted by Gasteiger charge is 2.21. The molecule has 1 aromatic carbocycles. The summed E-state index contributed by atoms with van der Waals surface area (Å²) in [7, 11) is 0. The zero-order valence-corrected chi connectivity index (χ0v) is 12.5. The van der Waals surface area contributed by atoms with E-state index in [1.165, 1.54) is 0 Å². The number of nitrogens with one attached hydrogen (secondary N) is 2. The molecule has 3 rings (SSSR count). The van der Waals surface area contributed by atoms with E-state index in [1.807, 2.05) is 0 Å². The lowest BCUT2D eigenvalue weighted by atomic mass is 10.1. The quantitative estimate of drug-likeness (QED) is 0.841. The minimum Gasteiger partial charge on any atom is -0.486 e. The van der Waals surface area contributed by atoms with Crippen LogP contribution in [-0.2, 0) is 9.59 Å². The molecule has 2 heterocycles. The van der Waals surface area contributed by atoms with Gasteiger partial charge in [0.25, 0.3) is 5.91 Å². The Labute approximate surface area is 128 Å². The normalized spacial score (nSPS) is 16.8. The topological polar surface area (TPSA) is 89.0 Å². The summed E-state index contributed by atoms with van der Waals surface area (Å²) in [6, 6.07) is 3.44. The van der Waals surface area contributed by atoms with Crippen molar-refractivity contribution in [2.45, 2.75) is 12.8 Å². The van der Waals surface area contributed by atoms with Crippen molar-refractivity contribution in [1.82, 2.24) is 5.43 Å². The molecule has 1 aromatic rings. The van der Waals surface area contributed by atoms with Gasteiger partial charge < -0.3 is 14.8 Å². The maximum atomic E-state index is 12.1. The zero-order valence-electron chi connectivity index (χ0n) is 10.9. The molecular formula is C13H12BrN3O4. The maximum Gasteiger partial charge on any atom is 0.271 e. The third-order valence-electron chi connectivity index (χ3n) is 3.05. The SMILES string of the molecule is O=C1CCC(C(=O)Nc2cc3c(cc2Br)OCCO3)=NN1. The van der Waals surface area contributed by atoms with Crippen molar-refractivity contribution in [3.63, 3.8) is 0 Å². The maximum absolute atomic E-state index is 12.1. The first-order valence-corrected chi connectivity index (χ1v) is 7.18. The number of hydrazone groups is 1. The number of nitrogens with zero attached hydrogens (tertiary/aromatic N) is 1. The number of rotatable bonds is 2. The van der Waals surface area contributed by atoms with Crippen LogP contribution in [0.4, 0.5) is 5.69 Å². The van der Waals surface area contributed by atoms with Gasteiger partial charge in [-0.2, -0.15) is 5.10 Å². The van der Waals surface area contributed by atoms with Gasteiger partial charge >= 0.3 is 0 Å². The fraction of sp³-hybridized carbons (Fsp3) is 0.308. The highest BCUT2D eigenvalue weighted by Crippen LogP contribution is 2.38. The Morgan fingerprint density at radius 2 is 1.95 bits per heavy atom. The Morgan fingerprint density at radius 1 is 1.24 bits per heavy atom. The molecule has 0 aliphatic carbocycles. The van der Waals surface area contributed by atoms with E-state index in [1.54, 1.807) is 12.1 Å². The van der Waals surface area contributed by atoms with Crippen molar-refractivity contribution in [3.8, 4) is 11.5 Å². The molecule has 2 aliphatic rings. The Morgan fingerprint density at radius 3 is 2.62 bits per heavy atom. The highest BCUT2D eigenvalue weighted by molar-refractivity contribution is 9.10. The third kappa shape index (κ3) is 2.99. The summed E-state index contributed by atoms with van der Waals surface area (Å²) in [5.74, 6) is 0.673. The fourth-order valence-electron chi connectivity index (χ4n) is 1.99. The molecule has 2 N–H and O–H groups in total. The van der Waals surface area contributed by atoms with Crippen molar-refractivity contribution >= 4 is 39.1 Å². The number of fused-ring (bicyclic) bond motifs is 1. The second kappa shape index (κ2) is 5.72. The van der Waals surface area contributed by atoms with Crippen molar-refractivity contribution in [2.24, 2.45) is 5.10 Å². The van der Waals surface area contributed by atoms with E-state index >= 15 is 0 Å². The summed E-state index contributed by atoms with van der Waals surface area (Å²) in [6.45, 7) is 0.975. The standard InChI is InChI=1S/C13H12BrN3O4/c14-7-5-10-11(21-4-3-20-10)6-9(7)15-13(19)8-1-2-12(18)17-16-8/h5-6H,1-4H2,(H,15,19)(H,17,18). The van der Waals surface area contributed by atoms with Crippen LogP contribution in [-0.4, -0.2) is 30.7 Å². The Kier molecular flexibility index (Phi) is 3.78. The molecule has 0 spiro atoms. The average molecular weight is 354 g/mol. The van der Waals surface area contributed by atoms with Crippen LogP contribution in [0.1, 0.15) is 12.8 Å². The molecular weight excluding hydrogens is 342 g/mol. The largest absolute Gasteiger partial charge is 0.486 e. The number of carbonyl (C=O) groups is 2. The van der Waals surface area contributed by atoms with Gasteiger partial charge in [-0.25, -0.2) is 5.43 Å². The number of benzene rings is 1. The van der Waals surface area contributed by atoms with Crippen LogP contribution < -0.4 is 20.2 Å². The molecule has 0 atom stereocenters. The average Bonchev–Trinajstić information content (AvgIpc) is 2.48. The highest BCUT2D eigenvalue weighted by atomic mass is 79.9. The number of carbonyl (C=O) groups excluding carboxylic acids is 2. The number of amides is 2. The van der Waals surface area contributed by atoms with Crippen LogP contribution in [0.5, 0.6) is 11.5 Å². The van der Waals surface area contributed by atoms with Crippen LogP contribution in [0.25, 0.3) is 0 Å². The summed E-state index contributed by atoms with van der Waals surface area (Å²) in [5, 5.41) is 6.50. The minimum absolute atomic E-state index is 0.188. The smallest absolute Gasteiger partial charge is 0.271 e. The molecule has 0 saturated heterocycles. The van der Waals surface area contributed by atoms with Crippen LogP contribution in [0.2, 0.25) is 0 Å².